The molecule has 8 nitrogen and oxygen atoms in total. The molecule has 0 aliphatic carbocycles. The van der Waals surface area contributed by atoms with Crippen molar-refractivity contribution in [2.75, 3.05) is 58.0 Å². The number of rotatable bonds is 12. The Morgan fingerprint density at radius 2 is 2.00 bits per heavy atom. The Morgan fingerprint density at radius 3 is 2.76 bits per heavy atom. The highest BCUT2D eigenvalue weighted by Gasteiger charge is 2.12. The van der Waals surface area contributed by atoms with Gasteiger partial charge in [-0.2, -0.15) is 0 Å². The number of aromatic nitrogens is 2. The quantitative estimate of drug-likeness (QED) is 0.363. The van der Waals surface area contributed by atoms with Crippen LogP contribution in [0.4, 0.5) is 11.6 Å². The smallest absolute Gasteiger partial charge is 0.238 e. The molecule has 1 amide bonds. The Bertz CT molecular complexity index is 1070. The van der Waals surface area contributed by atoms with E-state index in [1.165, 1.54) is 12.8 Å². The van der Waals surface area contributed by atoms with Gasteiger partial charge < -0.3 is 25.6 Å². The number of anilines is 2. The lowest BCUT2D eigenvalue weighted by atomic mass is 10.0. The number of nitrogens with zero attached hydrogens (tertiary/aromatic N) is 3. The molecule has 8 heteroatoms. The van der Waals surface area contributed by atoms with Crippen molar-refractivity contribution < 1.29 is 9.53 Å². The van der Waals surface area contributed by atoms with Gasteiger partial charge in [0.15, 0.2) is 0 Å². The lowest BCUT2D eigenvalue weighted by molar-refractivity contribution is -0.115. The Hall–Kier alpha value is -3.23. The van der Waals surface area contributed by atoms with Crippen molar-refractivity contribution >= 4 is 28.3 Å². The third-order valence-corrected chi connectivity index (χ3v) is 5.46. The predicted octanol–water partition coefficient (Wildman–Crippen LogP) is 3.61. The molecule has 0 aliphatic heterocycles. The fourth-order valence-electron chi connectivity index (χ4n) is 3.56. The van der Waals surface area contributed by atoms with Gasteiger partial charge >= 0.3 is 0 Å². The van der Waals surface area contributed by atoms with Gasteiger partial charge in [0.1, 0.15) is 5.75 Å². The van der Waals surface area contributed by atoms with Crippen LogP contribution in [0.15, 0.2) is 42.6 Å². The second-order valence-corrected chi connectivity index (χ2v) is 8.01. The Morgan fingerprint density at radius 1 is 1.15 bits per heavy atom. The van der Waals surface area contributed by atoms with Gasteiger partial charge in [0.25, 0.3) is 0 Å². The number of benzene rings is 2. The van der Waals surface area contributed by atoms with Gasteiger partial charge in [-0.15, -0.1) is 0 Å². The summed E-state index contributed by atoms with van der Waals surface area (Å²) in [6.07, 6.45) is 4.08. The maximum absolute atomic E-state index is 12.7. The Labute approximate surface area is 195 Å². The average Bonchev–Trinajstić information content (AvgIpc) is 2.85. The molecule has 0 saturated carbocycles. The first-order chi connectivity index (χ1) is 16.0. The Balaban J connectivity index is 1.77. The fraction of sp³-hybridized carbons (Fsp3) is 0.400. The maximum atomic E-state index is 12.7. The van der Waals surface area contributed by atoms with E-state index in [0.717, 1.165) is 53.1 Å². The number of carbonyl (C=O) groups excluding carboxylic acids is 1. The topological polar surface area (TPSA) is 91.4 Å². The summed E-state index contributed by atoms with van der Waals surface area (Å²) in [5, 5.41) is 11.2. The van der Waals surface area contributed by atoms with E-state index in [4.69, 9.17) is 4.74 Å². The molecule has 0 unspecified atom stereocenters. The van der Waals surface area contributed by atoms with Gasteiger partial charge in [-0.05, 0) is 55.7 Å². The number of hydrogen-bond donors (Lipinski definition) is 3. The number of ether oxygens (including phenoxy) is 1. The molecule has 0 radical (unpaired) electrons. The molecule has 1 aromatic heterocycles. The summed E-state index contributed by atoms with van der Waals surface area (Å²) < 4.78 is 5.40. The summed E-state index contributed by atoms with van der Waals surface area (Å²) >= 11 is 0. The van der Waals surface area contributed by atoms with E-state index >= 15 is 0 Å². The highest BCUT2D eigenvalue weighted by molar-refractivity contribution is 6.05. The van der Waals surface area contributed by atoms with E-state index in [2.05, 4.69) is 50.9 Å². The van der Waals surface area contributed by atoms with Crippen LogP contribution in [0.2, 0.25) is 0 Å². The monoisotopic (exact) mass is 450 g/mol. The molecule has 176 valence electrons. The highest BCUT2D eigenvalue weighted by Crippen LogP contribution is 2.33. The van der Waals surface area contributed by atoms with Gasteiger partial charge in [-0.1, -0.05) is 19.4 Å². The minimum absolute atomic E-state index is 0.0916. The molecule has 0 spiro atoms. The van der Waals surface area contributed by atoms with Gasteiger partial charge in [0, 0.05) is 43.0 Å². The summed E-state index contributed by atoms with van der Waals surface area (Å²) in [5.41, 5.74) is 2.39. The molecule has 3 aromatic rings. The molecule has 0 atom stereocenters. The number of methoxy groups -OCH3 is 1. The van der Waals surface area contributed by atoms with Crippen LogP contribution in [0.5, 0.6) is 5.75 Å². The summed E-state index contributed by atoms with van der Waals surface area (Å²) in [6.45, 7) is 5.17. The second-order valence-electron chi connectivity index (χ2n) is 8.01. The fourth-order valence-corrected chi connectivity index (χ4v) is 3.56. The summed E-state index contributed by atoms with van der Waals surface area (Å²) in [6, 6.07) is 11.7. The number of carbonyl (C=O) groups is 1. The van der Waals surface area contributed by atoms with Crippen LogP contribution in [0.3, 0.4) is 0 Å². The van der Waals surface area contributed by atoms with E-state index in [9.17, 15) is 4.79 Å². The third-order valence-electron chi connectivity index (χ3n) is 5.46. The lowest BCUT2D eigenvalue weighted by Crippen LogP contribution is -2.34. The van der Waals surface area contributed by atoms with E-state index in [1.54, 1.807) is 20.4 Å². The molecule has 2 aromatic carbocycles. The first-order valence-corrected chi connectivity index (χ1v) is 11.4. The molecule has 3 N–H and O–H groups in total. The van der Waals surface area contributed by atoms with Crippen LogP contribution in [0, 0.1) is 0 Å². The zero-order valence-electron chi connectivity index (χ0n) is 19.9. The first-order valence-electron chi connectivity index (χ1n) is 11.4. The van der Waals surface area contributed by atoms with Crippen LogP contribution < -0.4 is 20.7 Å². The molecular weight excluding hydrogens is 416 g/mol. The van der Waals surface area contributed by atoms with Crippen molar-refractivity contribution in [2.24, 2.45) is 0 Å². The summed E-state index contributed by atoms with van der Waals surface area (Å²) in [4.78, 5) is 23.7. The van der Waals surface area contributed by atoms with Gasteiger partial charge in [-0.3, -0.25) is 4.79 Å². The lowest BCUT2D eigenvalue weighted by Gasteiger charge is -2.16. The summed E-state index contributed by atoms with van der Waals surface area (Å²) in [7, 11) is 5.52. The van der Waals surface area contributed by atoms with E-state index < -0.39 is 0 Å². The highest BCUT2D eigenvalue weighted by atomic mass is 16.5. The molecule has 0 saturated heterocycles. The largest absolute Gasteiger partial charge is 0.497 e. The maximum Gasteiger partial charge on any atom is 0.238 e. The normalized spacial score (nSPS) is 11.1. The van der Waals surface area contributed by atoms with E-state index in [-0.39, 0.29) is 12.5 Å². The third kappa shape index (κ3) is 6.87. The molecule has 0 bridgehead atoms. The van der Waals surface area contributed by atoms with Crippen molar-refractivity contribution in [3.63, 3.8) is 0 Å². The van der Waals surface area contributed by atoms with E-state index in [0.29, 0.717) is 5.95 Å². The number of amides is 1. The number of hydrogen-bond acceptors (Lipinski definition) is 7. The van der Waals surface area contributed by atoms with Crippen molar-refractivity contribution in [2.45, 2.75) is 19.8 Å². The average molecular weight is 451 g/mol. The second kappa shape index (κ2) is 12.1. The van der Waals surface area contributed by atoms with Crippen molar-refractivity contribution in [3.8, 4) is 17.0 Å². The minimum Gasteiger partial charge on any atom is -0.497 e. The number of likely N-dealkylation sites (N-methyl/N-ethyl adjacent to an activating group) is 1. The predicted molar refractivity (Wildman–Crippen MR) is 135 cm³/mol. The number of fused-ring (bicyclic) bond motifs is 1. The van der Waals surface area contributed by atoms with Crippen LogP contribution in [0.1, 0.15) is 19.8 Å². The van der Waals surface area contributed by atoms with Crippen LogP contribution >= 0.6 is 0 Å². The zero-order chi connectivity index (χ0) is 23.6. The van der Waals surface area contributed by atoms with Crippen molar-refractivity contribution in [3.05, 3.63) is 42.6 Å². The first kappa shape index (κ1) is 24.4. The molecule has 3 rings (SSSR count). The van der Waals surface area contributed by atoms with Crippen LogP contribution in [-0.2, 0) is 4.79 Å². The molecular formula is C25H34N6O2. The summed E-state index contributed by atoms with van der Waals surface area (Å²) in [5.74, 6) is 1.19. The SMILES string of the molecule is CCCCN(C)CCNCC(=O)Nc1cc(-c2ccnc(NC)n2)cc2ccc(OC)cc12. The van der Waals surface area contributed by atoms with Crippen molar-refractivity contribution in [1.82, 2.24) is 20.2 Å². The minimum atomic E-state index is -0.0916. The number of nitrogens with one attached hydrogen (secondary N) is 3. The van der Waals surface area contributed by atoms with Gasteiger partial charge in [-0.25, -0.2) is 9.97 Å². The molecule has 0 aliphatic rings. The number of unbranched alkanes of at least 4 members (excludes halogenated alkanes) is 1. The molecule has 33 heavy (non-hydrogen) atoms. The molecule has 0 fully saturated rings. The van der Waals surface area contributed by atoms with Crippen LogP contribution in [0.25, 0.3) is 22.0 Å². The van der Waals surface area contributed by atoms with Gasteiger partial charge in [0.05, 0.1) is 19.3 Å². The van der Waals surface area contributed by atoms with Crippen LogP contribution in [-0.4, -0.2) is 68.2 Å². The Kier molecular flexibility index (Phi) is 8.97. The van der Waals surface area contributed by atoms with Gasteiger partial charge in [0.2, 0.25) is 11.9 Å². The molecule has 1 heterocycles. The zero-order valence-corrected chi connectivity index (χ0v) is 19.9. The van der Waals surface area contributed by atoms with Crippen molar-refractivity contribution in [1.29, 1.82) is 0 Å². The standard InChI is InChI=1S/C25H34N6O2/c1-5-6-12-31(3)13-11-27-17-24(32)29-23-15-19(22-9-10-28-25(26-2)30-22)14-18-7-8-20(33-4)16-21(18)23/h7-10,14-16,27H,5-6,11-13,17H2,1-4H3,(H,29,32)(H,26,28,30). The van der Waals surface area contributed by atoms with E-state index in [1.807, 2.05) is 30.3 Å².